The Morgan fingerprint density at radius 2 is 2.00 bits per heavy atom. The van der Waals surface area contributed by atoms with E-state index < -0.39 is 0 Å². The van der Waals surface area contributed by atoms with E-state index in [4.69, 9.17) is 4.74 Å². The Labute approximate surface area is 120 Å². The van der Waals surface area contributed by atoms with Gasteiger partial charge in [-0.15, -0.1) is 11.8 Å². The number of esters is 1. The molecule has 0 saturated heterocycles. The third-order valence-electron chi connectivity index (χ3n) is 2.40. The lowest BCUT2D eigenvalue weighted by molar-refractivity contribution is -0.144. The highest BCUT2D eigenvalue weighted by atomic mass is 32.2. The second kappa shape index (κ2) is 8.99. The fourth-order valence-corrected chi connectivity index (χ4v) is 2.23. The van der Waals surface area contributed by atoms with Gasteiger partial charge in [-0.05, 0) is 44.5 Å². The van der Waals surface area contributed by atoms with Crippen molar-refractivity contribution >= 4 is 17.7 Å². The first-order valence-electron chi connectivity index (χ1n) is 6.73. The molecule has 0 unspecified atom stereocenters. The van der Waals surface area contributed by atoms with Gasteiger partial charge in [-0.25, -0.2) is 0 Å². The first kappa shape index (κ1) is 16.1. The van der Waals surface area contributed by atoms with Crippen LogP contribution in [-0.4, -0.2) is 24.4 Å². The van der Waals surface area contributed by atoms with Crippen molar-refractivity contribution in [3.63, 3.8) is 0 Å². The first-order chi connectivity index (χ1) is 9.11. The zero-order valence-electron chi connectivity index (χ0n) is 11.9. The number of carbonyl (C=O) groups is 1. The van der Waals surface area contributed by atoms with Crippen molar-refractivity contribution in [1.82, 2.24) is 5.32 Å². The summed E-state index contributed by atoms with van der Waals surface area (Å²) in [6.45, 7) is 7.82. The normalized spacial score (nSPS) is 10.7. The molecule has 1 aromatic carbocycles. The van der Waals surface area contributed by atoms with Crippen LogP contribution in [0.5, 0.6) is 0 Å². The van der Waals surface area contributed by atoms with Crippen LogP contribution < -0.4 is 5.32 Å². The van der Waals surface area contributed by atoms with Gasteiger partial charge in [-0.1, -0.05) is 19.1 Å². The van der Waals surface area contributed by atoms with Crippen LogP contribution in [0.2, 0.25) is 0 Å². The molecule has 0 heterocycles. The summed E-state index contributed by atoms with van der Waals surface area (Å²) in [6.07, 6.45) is 1.10. The molecule has 1 N–H and O–H groups in total. The molecule has 0 aliphatic heterocycles. The molecule has 3 nitrogen and oxygen atoms in total. The number of thioether (sulfide) groups is 1. The van der Waals surface area contributed by atoms with Crippen LogP contribution in [0.3, 0.4) is 0 Å². The van der Waals surface area contributed by atoms with Crippen molar-refractivity contribution in [3.05, 3.63) is 29.8 Å². The summed E-state index contributed by atoms with van der Waals surface area (Å²) in [5.41, 5.74) is 1.27. The predicted molar refractivity (Wildman–Crippen MR) is 80.4 cm³/mol. The minimum Gasteiger partial charge on any atom is -0.462 e. The lowest BCUT2D eigenvalue weighted by Gasteiger charge is -2.08. The van der Waals surface area contributed by atoms with E-state index in [1.165, 1.54) is 17.3 Å². The van der Waals surface area contributed by atoms with Gasteiger partial charge in [0.15, 0.2) is 0 Å². The number of nitrogens with one attached hydrogen (secondary N) is 1. The average molecular weight is 281 g/mol. The van der Waals surface area contributed by atoms with Gasteiger partial charge in [-0.2, -0.15) is 0 Å². The number of hydrogen-bond donors (Lipinski definition) is 1. The minimum absolute atomic E-state index is 0.0416. The summed E-state index contributed by atoms with van der Waals surface area (Å²) in [6, 6.07) is 8.30. The van der Waals surface area contributed by atoms with Crippen molar-refractivity contribution in [1.29, 1.82) is 0 Å². The van der Waals surface area contributed by atoms with Gasteiger partial charge in [0.1, 0.15) is 0 Å². The van der Waals surface area contributed by atoms with E-state index >= 15 is 0 Å². The van der Waals surface area contributed by atoms with Gasteiger partial charge in [0.05, 0.1) is 11.9 Å². The summed E-state index contributed by atoms with van der Waals surface area (Å²) in [5, 5.41) is 3.36. The molecule has 4 heteroatoms. The quantitative estimate of drug-likeness (QED) is 0.451. The lowest BCUT2D eigenvalue weighted by Crippen LogP contribution is -2.13. The summed E-state index contributed by atoms with van der Waals surface area (Å²) >= 11 is 1.51. The average Bonchev–Trinajstić information content (AvgIpc) is 2.37. The Kier molecular flexibility index (Phi) is 7.60. The summed E-state index contributed by atoms with van der Waals surface area (Å²) in [7, 11) is 0. The summed E-state index contributed by atoms with van der Waals surface area (Å²) in [4.78, 5) is 12.5. The second-order valence-electron chi connectivity index (χ2n) is 4.65. The summed E-state index contributed by atoms with van der Waals surface area (Å²) in [5.74, 6) is 0.208. The smallest absolute Gasteiger partial charge is 0.316 e. The Morgan fingerprint density at radius 1 is 1.32 bits per heavy atom. The molecule has 0 aromatic heterocycles. The van der Waals surface area contributed by atoms with E-state index in [0.717, 1.165) is 24.4 Å². The minimum atomic E-state index is -0.159. The van der Waals surface area contributed by atoms with Crippen LogP contribution in [0.1, 0.15) is 32.8 Å². The molecule has 0 fully saturated rings. The molecule has 0 spiro atoms. The molecule has 0 atom stereocenters. The van der Waals surface area contributed by atoms with E-state index in [0.29, 0.717) is 5.75 Å². The standard InChI is InChI=1S/C15H23NO2S/c1-4-9-16-10-13-5-7-14(8-6-13)19-11-15(17)18-12(2)3/h5-8,12,16H,4,9-11H2,1-3H3. The number of ether oxygens (including phenoxy) is 1. The van der Waals surface area contributed by atoms with Crippen LogP contribution in [0, 0.1) is 0 Å². The number of carbonyl (C=O) groups excluding carboxylic acids is 1. The fourth-order valence-electron chi connectivity index (χ4n) is 1.55. The van der Waals surface area contributed by atoms with Crippen molar-refractivity contribution in [2.24, 2.45) is 0 Å². The van der Waals surface area contributed by atoms with Crippen LogP contribution in [0.25, 0.3) is 0 Å². The first-order valence-corrected chi connectivity index (χ1v) is 7.72. The predicted octanol–water partition coefficient (Wildman–Crippen LogP) is 3.23. The maximum absolute atomic E-state index is 11.4. The van der Waals surface area contributed by atoms with Gasteiger partial charge in [0.25, 0.3) is 0 Å². The molecule has 0 saturated carbocycles. The molecule has 19 heavy (non-hydrogen) atoms. The number of benzene rings is 1. The zero-order valence-corrected chi connectivity index (χ0v) is 12.8. The largest absolute Gasteiger partial charge is 0.462 e. The molecule has 0 bridgehead atoms. The third kappa shape index (κ3) is 7.23. The van der Waals surface area contributed by atoms with Crippen molar-refractivity contribution < 1.29 is 9.53 Å². The highest BCUT2D eigenvalue weighted by Crippen LogP contribution is 2.18. The van der Waals surface area contributed by atoms with Crippen molar-refractivity contribution in [2.45, 2.75) is 44.7 Å². The highest BCUT2D eigenvalue weighted by molar-refractivity contribution is 8.00. The molecule has 0 aliphatic rings. The molecule has 0 amide bonds. The van der Waals surface area contributed by atoms with Crippen molar-refractivity contribution in [2.75, 3.05) is 12.3 Å². The molecule has 0 aliphatic carbocycles. The molecular weight excluding hydrogens is 258 g/mol. The molecular formula is C15H23NO2S. The zero-order chi connectivity index (χ0) is 14.1. The Balaban J connectivity index is 2.33. The van der Waals surface area contributed by atoms with Crippen LogP contribution in [-0.2, 0) is 16.1 Å². The molecule has 106 valence electrons. The van der Waals surface area contributed by atoms with Crippen molar-refractivity contribution in [3.8, 4) is 0 Å². The van der Waals surface area contributed by atoms with Crippen LogP contribution >= 0.6 is 11.8 Å². The summed E-state index contributed by atoms with van der Waals surface area (Å²) < 4.78 is 5.09. The Morgan fingerprint density at radius 3 is 2.58 bits per heavy atom. The molecule has 1 rings (SSSR count). The van der Waals surface area contributed by atoms with E-state index in [9.17, 15) is 4.79 Å². The maximum Gasteiger partial charge on any atom is 0.316 e. The Bertz CT molecular complexity index is 376. The van der Waals surface area contributed by atoms with Gasteiger partial charge in [-0.3, -0.25) is 4.79 Å². The van der Waals surface area contributed by atoms with Crippen LogP contribution in [0.4, 0.5) is 0 Å². The van der Waals surface area contributed by atoms with Gasteiger partial charge < -0.3 is 10.1 Å². The topological polar surface area (TPSA) is 38.3 Å². The SMILES string of the molecule is CCCNCc1ccc(SCC(=O)OC(C)C)cc1. The number of hydrogen-bond acceptors (Lipinski definition) is 4. The highest BCUT2D eigenvalue weighted by Gasteiger charge is 2.06. The van der Waals surface area contributed by atoms with Gasteiger partial charge in [0, 0.05) is 11.4 Å². The maximum atomic E-state index is 11.4. The second-order valence-corrected chi connectivity index (χ2v) is 5.70. The van der Waals surface area contributed by atoms with Gasteiger partial charge >= 0.3 is 5.97 Å². The van der Waals surface area contributed by atoms with E-state index in [-0.39, 0.29) is 12.1 Å². The Hall–Kier alpha value is -1.00. The third-order valence-corrected chi connectivity index (χ3v) is 3.39. The molecule has 0 radical (unpaired) electrons. The lowest BCUT2D eigenvalue weighted by atomic mass is 10.2. The van der Waals surface area contributed by atoms with E-state index in [1.807, 2.05) is 13.8 Å². The van der Waals surface area contributed by atoms with Crippen LogP contribution in [0.15, 0.2) is 29.2 Å². The number of rotatable bonds is 8. The monoisotopic (exact) mass is 281 g/mol. The fraction of sp³-hybridized carbons (Fsp3) is 0.533. The van der Waals surface area contributed by atoms with E-state index in [2.05, 4.69) is 36.5 Å². The van der Waals surface area contributed by atoms with E-state index in [1.54, 1.807) is 0 Å². The molecule has 1 aromatic rings. The van der Waals surface area contributed by atoms with Gasteiger partial charge in [0.2, 0.25) is 0 Å².